The first-order valence-corrected chi connectivity index (χ1v) is 8.13. The molecule has 2 aliphatic rings. The normalized spacial score (nSPS) is 23.7. The van der Waals surface area contributed by atoms with Crippen LogP contribution in [0.1, 0.15) is 22.3 Å². The minimum Gasteiger partial charge on any atom is -0.493 e. The summed E-state index contributed by atoms with van der Waals surface area (Å²) in [5.41, 5.74) is 1.60. The molecule has 1 aromatic rings. The van der Waals surface area contributed by atoms with Crippen LogP contribution >= 0.6 is 0 Å². The Labute approximate surface area is 111 Å². The van der Waals surface area contributed by atoms with Gasteiger partial charge in [-0.05, 0) is 30.2 Å². The van der Waals surface area contributed by atoms with Gasteiger partial charge in [-0.3, -0.25) is 4.79 Å². The predicted molar refractivity (Wildman–Crippen MR) is 70.2 cm³/mol. The third-order valence-electron chi connectivity index (χ3n) is 3.52. The lowest BCUT2D eigenvalue weighted by Crippen LogP contribution is -2.35. The Morgan fingerprint density at radius 1 is 1.37 bits per heavy atom. The van der Waals surface area contributed by atoms with Gasteiger partial charge in [-0.15, -0.1) is 0 Å². The number of carbonyl (C=O) groups excluding carboxylic acids is 1. The van der Waals surface area contributed by atoms with Crippen molar-refractivity contribution in [2.75, 3.05) is 18.1 Å². The van der Waals surface area contributed by atoms with Gasteiger partial charge in [-0.1, -0.05) is 0 Å². The zero-order valence-corrected chi connectivity index (χ0v) is 11.2. The molecule has 1 aromatic carbocycles. The number of rotatable bonds is 2. The minimum absolute atomic E-state index is 0.0484. The van der Waals surface area contributed by atoms with Crippen LogP contribution in [0.2, 0.25) is 0 Å². The molecule has 5 nitrogen and oxygen atoms in total. The van der Waals surface area contributed by atoms with Crippen molar-refractivity contribution in [3.8, 4) is 5.75 Å². The standard InChI is InChI=1S/C13H15NO4S/c15-13(14-11-4-6-19(16,17)8-11)10-1-2-12-9(7-10)3-5-18-12/h1-2,7,11H,3-6,8H2,(H,14,15)/t11-/m0/s1. The Morgan fingerprint density at radius 3 is 2.95 bits per heavy atom. The lowest BCUT2D eigenvalue weighted by atomic mass is 10.1. The van der Waals surface area contributed by atoms with Gasteiger partial charge in [-0.2, -0.15) is 0 Å². The van der Waals surface area contributed by atoms with E-state index in [1.807, 2.05) is 6.07 Å². The first-order chi connectivity index (χ1) is 9.03. The molecule has 0 spiro atoms. The van der Waals surface area contributed by atoms with Crippen molar-refractivity contribution >= 4 is 15.7 Å². The monoisotopic (exact) mass is 281 g/mol. The van der Waals surface area contributed by atoms with Gasteiger partial charge >= 0.3 is 0 Å². The molecule has 0 aliphatic carbocycles. The van der Waals surface area contributed by atoms with E-state index in [0.717, 1.165) is 17.7 Å². The number of ether oxygens (including phenoxy) is 1. The fourth-order valence-corrected chi connectivity index (χ4v) is 4.18. The minimum atomic E-state index is -2.97. The van der Waals surface area contributed by atoms with Gasteiger partial charge in [0.1, 0.15) is 5.75 Å². The molecule has 102 valence electrons. The van der Waals surface area contributed by atoms with Crippen LogP contribution < -0.4 is 10.1 Å². The molecule has 3 rings (SSSR count). The molecule has 1 saturated heterocycles. The Balaban J connectivity index is 1.71. The smallest absolute Gasteiger partial charge is 0.251 e. The summed E-state index contributed by atoms with van der Waals surface area (Å²) in [6, 6.07) is 5.06. The van der Waals surface area contributed by atoms with E-state index in [-0.39, 0.29) is 23.5 Å². The number of nitrogens with one attached hydrogen (secondary N) is 1. The molecule has 0 radical (unpaired) electrons. The molecule has 6 heteroatoms. The van der Waals surface area contributed by atoms with E-state index >= 15 is 0 Å². The van der Waals surface area contributed by atoms with Crippen LogP contribution in [0.4, 0.5) is 0 Å². The summed E-state index contributed by atoms with van der Waals surface area (Å²) < 4.78 is 28.1. The largest absolute Gasteiger partial charge is 0.493 e. The van der Waals surface area contributed by atoms with Crippen LogP contribution in [0.3, 0.4) is 0 Å². The predicted octanol–water partition coefficient (Wildman–Crippen LogP) is 0.538. The number of hydrogen-bond acceptors (Lipinski definition) is 4. The first-order valence-electron chi connectivity index (χ1n) is 6.30. The van der Waals surface area contributed by atoms with Gasteiger partial charge in [0.25, 0.3) is 5.91 Å². The summed E-state index contributed by atoms with van der Waals surface area (Å²) in [5.74, 6) is 0.833. The van der Waals surface area contributed by atoms with E-state index in [2.05, 4.69) is 5.32 Å². The molecule has 0 saturated carbocycles. The second kappa shape index (κ2) is 4.52. The lowest BCUT2D eigenvalue weighted by Gasteiger charge is -2.11. The number of carbonyl (C=O) groups is 1. The molecular formula is C13H15NO4S. The third-order valence-corrected chi connectivity index (χ3v) is 5.29. The summed E-state index contributed by atoms with van der Waals surface area (Å²) in [6.45, 7) is 0.654. The number of sulfone groups is 1. The molecule has 2 aliphatic heterocycles. The highest BCUT2D eigenvalue weighted by Crippen LogP contribution is 2.26. The Kier molecular flexibility index (Phi) is 2.97. The van der Waals surface area contributed by atoms with Crippen LogP contribution in [0.5, 0.6) is 5.75 Å². The SMILES string of the molecule is O=C(N[C@H]1CCS(=O)(=O)C1)c1ccc2c(c1)CCO2. The zero-order chi connectivity index (χ0) is 13.5. The van der Waals surface area contributed by atoms with Crippen LogP contribution in [0, 0.1) is 0 Å². The second-order valence-electron chi connectivity index (χ2n) is 4.99. The van der Waals surface area contributed by atoms with Crippen molar-refractivity contribution in [1.82, 2.24) is 5.32 Å². The van der Waals surface area contributed by atoms with Crippen molar-refractivity contribution in [1.29, 1.82) is 0 Å². The van der Waals surface area contributed by atoms with E-state index in [9.17, 15) is 13.2 Å². The topological polar surface area (TPSA) is 72.5 Å². The molecule has 0 aromatic heterocycles. The molecule has 2 heterocycles. The van der Waals surface area contributed by atoms with Crippen LogP contribution in [0.15, 0.2) is 18.2 Å². The molecule has 1 atom stereocenters. The van der Waals surface area contributed by atoms with Crippen molar-refractivity contribution in [2.45, 2.75) is 18.9 Å². The Morgan fingerprint density at radius 2 is 2.21 bits per heavy atom. The summed E-state index contributed by atoms with van der Waals surface area (Å²) in [6.07, 6.45) is 1.32. The molecule has 0 bridgehead atoms. The van der Waals surface area contributed by atoms with Crippen LogP contribution in [-0.4, -0.2) is 38.5 Å². The lowest BCUT2D eigenvalue weighted by molar-refractivity contribution is 0.0941. The van der Waals surface area contributed by atoms with Gasteiger partial charge < -0.3 is 10.1 Å². The maximum atomic E-state index is 12.1. The molecular weight excluding hydrogens is 266 g/mol. The fraction of sp³-hybridized carbons (Fsp3) is 0.462. The van der Waals surface area contributed by atoms with Crippen molar-refractivity contribution in [2.24, 2.45) is 0 Å². The van der Waals surface area contributed by atoms with Crippen LogP contribution in [0.25, 0.3) is 0 Å². The maximum absolute atomic E-state index is 12.1. The van der Waals surface area contributed by atoms with Crippen LogP contribution in [-0.2, 0) is 16.3 Å². The Hall–Kier alpha value is -1.56. The first kappa shape index (κ1) is 12.5. The van der Waals surface area contributed by atoms with Gasteiger partial charge in [0, 0.05) is 18.0 Å². The average Bonchev–Trinajstić information content (AvgIpc) is 2.94. The summed E-state index contributed by atoms with van der Waals surface area (Å²) in [4.78, 5) is 12.1. The zero-order valence-electron chi connectivity index (χ0n) is 10.4. The number of benzene rings is 1. The number of hydrogen-bond donors (Lipinski definition) is 1. The summed E-state index contributed by atoms with van der Waals surface area (Å²) in [5, 5.41) is 2.78. The van der Waals surface area contributed by atoms with Gasteiger partial charge in [0.05, 0.1) is 18.1 Å². The summed E-state index contributed by atoms with van der Waals surface area (Å²) >= 11 is 0. The molecule has 1 amide bonds. The van der Waals surface area contributed by atoms with Crippen molar-refractivity contribution in [3.63, 3.8) is 0 Å². The van der Waals surface area contributed by atoms with E-state index < -0.39 is 9.84 Å². The fourth-order valence-electron chi connectivity index (χ4n) is 2.51. The van der Waals surface area contributed by atoms with Gasteiger partial charge in [0.2, 0.25) is 0 Å². The summed E-state index contributed by atoms with van der Waals surface area (Å²) in [7, 11) is -2.97. The van der Waals surface area contributed by atoms with E-state index in [0.29, 0.717) is 18.6 Å². The van der Waals surface area contributed by atoms with Gasteiger partial charge in [0.15, 0.2) is 9.84 Å². The van der Waals surface area contributed by atoms with Crippen molar-refractivity contribution in [3.05, 3.63) is 29.3 Å². The third kappa shape index (κ3) is 2.58. The van der Waals surface area contributed by atoms with E-state index in [4.69, 9.17) is 4.74 Å². The van der Waals surface area contributed by atoms with Gasteiger partial charge in [-0.25, -0.2) is 8.42 Å². The highest BCUT2D eigenvalue weighted by molar-refractivity contribution is 7.91. The number of fused-ring (bicyclic) bond motifs is 1. The van der Waals surface area contributed by atoms with Crippen molar-refractivity contribution < 1.29 is 17.9 Å². The number of amides is 1. The molecule has 1 fully saturated rings. The maximum Gasteiger partial charge on any atom is 0.251 e. The highest BCUT2D eigenvalue weighted by atomic mass is 32.2. The average molecular weight is 281 g/mol. The Bertz CT molecular complexity index is 624. The quantitative estimate of drug-likeness (QED) is 0.858. The highest BCUT2D eigenvalue weighted by Gasteiger charge is 2.29. The van der Waals surface area contributed by atoms with E-state index in [1.54, 1.807) is 12.1 Å². The van der Waals surface area contributed by atoms with E-state index in [1.165, 1.54) is 0 Å². The molecule has 1 N–H and O–H groups in total. The molecule has 19 heavy (non-hydrogen) atoms. The second-order valence-corrected chi connectivity index (χ2v) is 7.22. The molecule has 0 unspecified atom stereocenters.